The van der Waals surface area contributed by atoms with E-state index in [9.17, 15) is 14.7 Å². The van der Waals surface area contributed by atoms with Crippen LogP contribution in [0.1, 0.15) is 44.8 Å². The largest absolute Gasteiger partial charge is 0.478 e. The predicted molar refractivity (Wildman–Crippen MR) is 114 cm³/mol. The normalized spacial score (nSPS) is 13.1. The zero-order valence-corrected chi connectivity index (χ0v) is 16.6. The minimum absolute atomic E-state index is 0.146. The van der Waals surface area contributed by atoms with Crippen LogP contribution in [-0.4, -0.2) is 28.1 Å². The van der Waals surface area contributed by atoms with Gasteiger partial charge < -0.3 is 15.2 Å². The van der Waals surface area contributed by atoms with Gasteiger partial charge in [0, 0.05) is 23.0 Å². The molecule has 2 N–H and O–H groups in total. The van der Waals surface area contributed by atoms with E-state index in [1.165, 1.54) is 0 Å². The average Bonchev–Trinajstić information content (AvgIpc) is 3.58. The summed E-state index contributed by atoms with van der Waals surface area (Å²) in [5.41, 5.74) is 4.22. The molecule has 0 saturated heterocycles. The topological polar surface area (TPSA) is 88.5 Å². The standard InChI is InChI=1S/C24H22N2O4/c1-15-22(24(28)29)12-19(13-25-15)17-3-2-4-18(11-17)23(27)26-20-7-5-16(6-8-20)14-30-21-9-10-21/h2-8,11-13,21H,9-10,14H2,1H3,(H,26,27)(H,28,29). The van der Waals surface area contributed by atoms with Crippen LogP contribution in [0.25, 0.3) is 11.1 Å². The molecule has 0 atom stereocenters. The van der Waals surface area contributed by atoms with Crippen molar-refractivity contribution in [3.63, 3.8) is 0 Å². The average molecular weight is 402 g/mol. The Bertz CT molecular complexity index is 1090. The molecular weight excluding hydrogens is 380 g/mol. The molecule has 2 aromatic carbocycles. The predicted octanol–water partition coefficient (Wildman–Crippen LogP) is 4.69. The molecule has 0 bridgehead atoms. The highest BCUT2D eigenvalue weighted by molar-refractivity contribution is 6.05. The highest BCUT2D eigenvalue weighted by Crippen LogP contribution is 2.25. The van der Waals surface area contributed by atoms with Crippen LogP contribution in [0.3, 0.4) is 0 Å². The summed E-state index contributed by atoms with van der Waals surface area (Å²) in [4.78, 5) is 28.2. The lowest BCUT2D eigenvalue weighted by Crippen LogP contribution is -2.12. The van der Waals surface area contributed by atoms with E-state index in [-0.39, 0.29) is 11.5 Å². The Morgan fingerprint density at radius 1 is 1.10 bits per heavy atom. The van der Waals surface area contributed by atoms with Crippen molar-refractivity contribution in [3.8, 4) is 11.1 Å². The lowest BCUT2D eigenvalue weighted by atomic mass is 10.0. The first-order chi connectivity index (χ1) is 14.5. The molecule has 1 aliphatic carbocycles. The quantitative estimate of drug-likeness (QED) is 0.599. The smallest absolute Gasteiger partial charge is 0.337 e. The first-order valence-electron chi connectivity index (χ1n) is 9.82. The number of carboxylic acid groups (broad SMARTS) is 1. The van der Waals surface area contributed by atoms with E-state index in [0.29, 0.717) is 35.2 Å². The highest BCUT2D eigenvalue weighted by Gasteiger charge is 2.21. The van der Waals surface area contributed by atoms with Gasteiger partial charge in [0.2, 0.25) is 0 Å². The number of pyridine rings is 1. The monoisotopic (exact) mass is 402 g/mol. The highest BCUT2D eigenvalue weighted by atomic mass is 16.5. The van der Waals surface area contributed by atoms with Crippen molar-refractivity contribution in [2.24, 2.45) is 0 Å². The van der Waals surface area contributed by atoms with Crippen molar-refractivity contribution in [1.82, 2.24) is 4.98 Å². The summed E-state index contributed by atoms with van der Waals surface area (Å²) in [7, 11) is 0. The summed E-state index contributed by atoms with van der Waals surface area (Å²) in [5, 5.41) is 12.2. The second-order valence-electron chi connectivity index (χ2n) is 7.40. The summed E-state index contributed by atoms with van der Waals surface area (Å²) >= 11 is 0. The van der Waals surface area contributed by atoms with Crippen molar-refractivity contribution in [2.45, 2.75) is 32.5 Å². The molecule has 1 saturated carbocycles. The Morgan fingerprint density at radius 2 is 1.87 bits per heavy atom. The van der Waals surface area contributed by atoms with Crippen molar-refractivity contribution in [2.75, 3.05) is 5.32 Å². The third-order valence-electron chi connectivity index (χ3n) is 5.00. The molecule has 6 heteroatoms. The van der Waals surface area contributed by atoms with Gasteiger partial charge in [0.25, 0.3) is 5.91 Å². The third kappa shape index (κ3) is 4.72. The van der Waals surface area contributed by atoms with Crippen molar-refractivity contribution >= 4 is 17.6 Å². The Balaban J connectivity index is 1.47. The van der Waals surface area contributed by atoms with Crippen LogP contribution in [0.4, 0.5) is 5.69 Å². The number of aromatic nitrogens is 1. The van der Waals surface area contributed by atoms with Crippen LogP contribution in [-0.2, 0) is 11.3 Å². The Labute approximate surface area is 174 Å². The van der Waals surface area contributed by atoms with Gasteiger partial charge in [-0.15, -0.1) is 0 Å². The number of aryl methyl sites for hydroxylation is 1. The zero-order valence-electron chi connectivity index (χ0n) is 16.6. The van der Waals surface area contributed by atoms with E-state index in [1.54, 1.807) is 37.4 Å². The number of nitrogens with zero attached hydrogens (tertiary/aromatic N) is 1. The molecule has 1 amide bonds. The molecule has 0 unspecified atom stereocenters. The first-order valence-corrected chi connectivity index (χ1v) is 9.82. The van der Waals surface area contributed by atoms with Crippen molar-refractivity contribution in [3.05, 3.63) is 83.2 Å². The molecule has 0 radical (unpaired) electrons. The van der Waals surface area contributed by atoms with E-state index in [2.05, 4.69) is 10.3 Å². The lowest BCUT2D eigenvalue weighted by molar-refractivity contribution is 0.0695. The zero-order chi connectivity index (χ0) is 21.1. The van der Waals surface area contributed by atoms with Crippen molar-refractivity contribution < 1.29 is 19.4 Å². The fourth-order valence-electron chi connectivity index (χ4n) is 3.08. The third-order valence-corrected chi connectivity index (χ3v) is 5.00. The molecule has 4 rings (SSSR count). The van der Waals surface area contributed by atoms with Gasteiger partial charge in [-0.2, -0.15) is 0 Å². The number of amides is 1. The molecule has 152 valence electrons. The summed E-state index contributed by atoms with van der Waals surface area (Å²) < 4.78 is 5.69. The number of benzene rings is 2. The van der Waals surface area contributed by atoms with Gasteiger partial charge in [0.05, 0.1) is 24.0 Å². The summed E-state index contributed by atoms with van der Waals surface area (Å²) in [5.74, 6) is -1.26. The lowest BCUT2D eigenvalue weighted by Gasteiger charge is -2.09. The molecular formula is C24H22N2O4. The van der Waals surface area contributed by atoms with Gasteiger partial charge in [0.15, 0.2) is 0 Å². The number of ether oxygens (including phenoxy) is 1. The molecule has 1 aliphatic rings. The second kappa shape index (κ2) is 8.47. The molecule has 3 aromatic rings. The van der Waals surface area contributed by atoms with Gasteiger partial charge in [0.1, 0.15) is 0 Å². The Hall–Kier alpha value is -3.51. The number of anilines is 1. The fourth-order valence-corrected chi connectivity index (χ4v) is 3.08. The van der Waals surface area contributed by atoms with Crippen LogP contribution in [0.15, 0.2) is 60.8 Å². The van der Waals surface area contributed by atoms with Crippen molar-refractivity contribution in [1.29, 1.82) is 0 Å². The van der Waals surface area contributed by atoms with Crippen LogP contribution in [0, 0.1) is 6.92 Å². The summed E-state index contributed by atoms with van der Waals surface area (Å²) in [6.45, 7) is 2.24. The molecule has 1 heterocycles. The minimum atomic E-state index is -1.03. The SMILES string of the molecule is Cc1ncc(-c2cccc(C(=O)Nc3ccc(COC4CC4)cc3)c2)cc1C(=O)O. The van der Waals surface area contributed by atoms with Gasteiger partial charge in [-0.05, 0) is 61.2 Å². The fraction of sp³-hybridized carbons (Fsp3) is 0.208. The molecule has 0 spiro atoms. The molecule has 30 heavy (non-hydrogen) atoms. The van der Waals surface area contributed by atoms with E-state index < -0.39 is 5.97 Å². The Kier molecular flexibility index (Phi) is 5.59. The van der Waals surface area contributed by atoms with Gasteiger partial charge in [-0.25, -0.2) is 4.79 Å². The number of nitrogens with one attached hydrogen (secondary N) is 1. The van der Waals surface area contributed by atoms with Crippen LogP contribution in [0.2, 0.25) is 0 Å². The van der Waals surface area contributed by atoms with Crippen LogP contribution in [0.5, 0.6) is 0 Å². The number of aromatic carboxylic acids is 1. The summed E-state index contributed by atoms with van der Waals surface area (Å²) in [6, 6.07) is 16.2. The van der Waals surface area contributed by atoms with E-state index in [0.717, 1.165) is 24.0 Å². The number of carbonyl (C=O) groups is 2. The van der Waals surface area contributed by atoms with E-state index in [1.807, 2.05) is 30.3 Å². The molecule has 0 aliphatic heterocycles. The van der Waals surface area contributed by atoms with E-state index >= 15 is 0 Å². The maximum absolute atomic E-state index is 12.7. The number of hydrogen-bond donors (Lipinski definition) is 2. The minimum Gasteiger partial charge on any atom is -0.478 e. The second-order valence-corrected chi connectivity index (χ2v) is 7.40. The molecule has 1 aromatic heterocycles. The number of rotatable bonds is 7. The van der Waals surface area contributed by atoms with E-state index in [4.69, 9.17) is 4.74 Å². The summed E-state index contributed by atoms with van der Waals surface area (Å²) in [6.07, 6.45) is 4.31. The molecule has 6 nitrogen and oxygen atoms in total. The Morgan fingerprint density at radius 3 is 2.57 bits per heavy atom. The maximum atomic E-state index is 12.7. The first kappa shape index (κ1) is 19.8. The number of carbonyl (C=O) groups excluding carboxylic acids is 1. The number of carboxylic acids is 1. The molecule has 1 fully saturated rings. The number of hydrogen-bond acceptors (Lipinski definition) is 4. The van der Waals surface area contributed by atoms with Gasteiger partial charge in [-0.1, -0.05) is 24.3 Å². The van der Waals surface area contributed by atoms with Gasteiger partial charge in [-0.3, -0.25) is 9.78 Å². The maximum Gasteiger partial charge on any atom is 0.337 e. The van der Waals surface area contributed by atoms with Gasteiger partial charge >= 0.3 is 5.97 Å². The van der Waals surface area contributed by atoms with Crippen LogP contribution >= 0.6 is 0 Å². The van der Waals surface area contributed by atoms with Crippen LogP contribution < -0.4 is 5.32 Å².